The first-order valence-corrected chi connectivity index (χ1v) is 5.15. The summed E-state index contributed by atoms with van der Waals surface area (Å²) < 4.78 is 4.70. The van der Waals surface area contributed by atoms with E-state index in [1.165, 1.54) is 7.11 Å². The van der Waals surface area contributed by atoms with Crippen molar-refractivity contribution in [3.8, 4) is 0 Å². The number of ether oxygens (including phenoxy) is 1. The average molecular weight is 190 g/mol. The number of carbonyl (C=O) groups is 1. The summed E-state index contributed by atoms with van der Waals surface area (Å²) in [4.78, 5) is 11.2. The predicted octanol–water partition coefficient (Wildman–Crippen LogP) is 2.33. The third-order valence-corrected chi connectivity index (χ3v) is 3.07. The minimum Gasteiger partial charge on any atom is -0.469 e. The van der Waals surface area contributed by atoms with E-state index in [4.69, 9.17) is 4.74 Å². The van der Waals surface area contributed by atoms with E-state index < -0.39 is 0 Å². The molecule has 0 atom stereocenters. The Bertz CT molecular complexity index is 153. The van der Waals surface area contributed by atoms with Gasteiger partial charge in [0.05, 0.1) is 12.5 Å². The van der Waals surface area contributed by atoms with Crippen molar-refractivity contribution in [1.82, 2.24) is 0 Å². The molecule has 12 heavy (non-hydrogen) atoms. The zero-order valence-electron chi connectivity index (χ0n) is 8.51. The molecule has 0 aromatic rings. The lowest BCUT2D eigenvalue weighted by Gasteiger charge is -2.21. The van der Waals surface area contributed by atoms with E-state index >= 15 is 0 Å². The van der Waals surface area contributed by atoms with Crippen LogP contribution in [0, 0.1) is 5.41 Å². The molecule has 0 saturated carbocycles. The number of rotatable bonds is 4. The molecule has 0 unspecified atom stereocenters. The molecule has 0 bridgehead atoms. The highest BCUT2D eigenvalue weighted by molar-refractivity contribution is 7.99. The molecule has 0 spiro atoms. The molecule has 0 fully saturated rings. The van der Waals surface area contributed by atoms with Gasteiger partial charge in [0.2, 0.25) is 0 Å². The molecule has 0 aromatic carbocycles. The molecule has 0 rings (SSSR count). The van der Waals surface area contributed by atoms with Crippen molar-refractivity contribution in [3.05, 3.63) is 0 Å². The molecule has 0 aromatic heterocycles. The third kappa shape index (κ3) is 4.00. The maximum absolute atomic E-state index is 11.2. The fraction of sp³-hybridized carbons (Fsp3) is 0.889. The first-order valence-electron chi connectivity index (χ1n) is 4.10. The van der Waals surface area contributed by atoms with Gasteiger partial charge in [-0.15, -0.1) is 0 Å². The molecule has 0 aliphatic carbocycles. The van der Waals surface area contributed by atoms with E-state index in [0.29, 0.717) is 5.25 Å². The first kappa shape index (κ1) is 11.8. The Kier molecular flexibility index (Phi) is 4.68. The molecule has 0 amide bonds. The molecular formula is C9H18O2S. The van der Waals surface area contributed by atoms with Crippen LogP contribution in [-0.2, 0) is 9.53 Å². The van der Waals surface area contributed by atoms with Gasteiger partial charge in [0.25, 0.3) is 0 Å². The molecule has 3 heteroatoms. The van der Waals surface area contributed by atoms with Crippen LogP contribution in [0.4, 0.5) is 0 Å². The number of thioether (sulfide) groups is 1. The quantitative estimate of drug-likeness (QED) is 0.636. The second kappa shape index (κ2) is 4.75. The minimum atomic E-state index is -0.357. The zero-order valence-corrected chi connectivity index (χ0v) is 9.33. The summed E-state index contributed by atoms with van der Waals surface area (Å²) in [6.07, 6.45) is 0. The molecule has 72 valence electrons. The maximum atomic E-state index is 11.2. The lowest BCUT2D eigenvalue weighted by Crippen LogP contribution is -2.28. The number of esters is 1. The van der Waals surface area contributed by atoms with Crippen LogP contribution in [0.2, 0.25) is 0 Å². The molecule has 0 saturated heterocycles. The highest BCUT2D eigenvalue weighted by atomic mass is 32.2. The summed E-state index contributed by atoms with van der Waals surface area (Å²) in [5.74, 6) is 0.688. The van der Waals surface area contributed by atoms with Crippen LogP contribution in [0.1, 0.15) is 27.7 Å². The van der Waals surface area contributed by atoms with Crippen LogP contribution in [-0.4, -0.2) is 24.1 Å². The summed E-state index contributed by atoms with van der Waals surface area (Å²) in [5, 5.41) is 0.564. The maximum Gasteiger partial charge on any atom is 0.312 e. The number of hydrogen-bond donors (Lipinski definition) is 0. The van der Waals surface area contributed by atoms with Crippen molar-refractivity contribution >= 4 is 17.7 Å². The van der Waals surface area contributed by atoms with Crippen LogP contribution in [0.5, 0.6) is 0 Å². The molecule has 0 aliphatic heterocycles. The van der Waals surface area contributed by atoms with E-state index in [9.17, 15) is 4.79 Å². The van der Waals surface area contributed by atoms with Crippen LogP contribution >= 0.6 is 11.8 Å². The summed E-state index contributed by atoms with van der Waals surface area (Å²) in [7, 11) is 1.43. The van der Waals surface area contributed by atoms with E-state index in [0.717, 1.165) is 5.75 Å². The van der Waals surface area contributed by atoms with Gasteiger partial charge in [-0.3, -0.25) is 4.79 Å². The van der Waals surface area contributed by atoms with Gasteiger partial charge in [-0.05, 0) is 19.1 Å². The van der Waals surface area contributed by atoms with Gasteiger partial charge in [-0.1, -0.05) is 13.8 Å². The molecule has 0 aliphatic rings. The van der Waals surface area contributed by atoms with Gasteiger partial charge >= 0.3 is 5.97 Å². The summed E-state index contributed by atoms with van der Waals surface area (Å²) in [6, 6.07) is 0. The number of carbonyl (C=O) groups excluding carboxylic acids is 1. The van der Waals surface area contributed by atoms with Crippen LogP contribution in [0.3, 0.4) is 0 Å². The smallest absolute Gasteiger partial charge is 0.312 e. The lowest BCUT2D eigenvalue weighted by molar-refractivity contribution is -0.149. The first-order chi connectivity index (χ1) is 5.40. The Morgan fingerprint density at radius 3 is 2.33 bits per heavy atom. The van der Waals surface area contributed by atoms with Gasteiger partial charge in [0.15, 0.2) is 0 Å². The molecule has 0 radical (unpaired) electrons. The second-order valence-electron chi connectivity index (χ2n) is 3.74. The Labute approximate surface area is 79.1 Å². The average Bonchev–Trinajstić information content (AvgIpc) is 1.99. The zero-order chi connectivity index (χ0) is 9.78. The highest BCUT2D eigenvalue weighted by Gasteiger charge is 2.28. The standard InChI is InChI=1S/C9H18O2S/c1-7(2)12-6-9(3,4)8(10)11-5/h7H,6H2,1-5H3. The van der Waals surface area contributed by atoms with Crippen molar-refractivity contribution in [1.29, 1.82) is 0 Å². The van der Waals surface area contributed by atoms with Crippen molar-refractivity contribution in [2.75, 3.05) is 12.9 Å². The summed E-state index contributed by atoms with van der Waals surface area (Å²) >= 11 is 1.78. The fourth-order valence-electron chi connectivity index (χ4n) is 0.710. The molecule has 2 nitrogen and oxygen atoms in total. The number of hydrogen-bond acceptors (Lipinski definition) is 3. The van der Waals surface area contributed by atoms with Crippen molar-refractivity contribution in [2.24, 2.45) is 5.41 Å². The Morgan fingerprint density at radius 1 is 1.50 bits per heavy atom. The minimum absolute atomic E-state index is 0.129. The third-order valence-electron chi connectivity index (χ3n) is 1.52. The Hall–Kier alpha value is -0.180. The predicted molar refractivity (Wildman–Crippen MR) is 53.4 cm³/mol. The van der Waals surface area contributed by atoms with Gasteiger partial charge in [-0.2, -0.15) is 11.8 Å². The van der Waals surface area contributed by atoms with Gasteiger partial charge < -0.3 is 4.74 Å². The Balaban J connectivity index is 3.95. The molecule has 0 heterocycles. The van der Waals surface area contributed by atoms with Crippen molar-refractivity contribution < 1.29 is 9.53 Å². The number of methoxy groups -OCH3 is 1. The van der Waals surface area contributed by atoms with Crippen molar-refractivity contribution in [2.45, 2.75) is 32.9 Å². The van der Waals surface area contributed by atoms with Crippen LogP contribution in [0.15, 0.2) is 0 Å². The normalized spacial score (nSPS) is 11.8. The lowest BCUT2D eigenvalue weighted by atomic mass is 9.97. The van der Waals surface area contributed by atoms with Crippen molar-refractivity contribution in [3.63, 3.8) is 0 Å². The summed E-state index contributed by atoms with van der Waals surface area (Å²) in [5.41, 5.74) is -0.357. The second-order valence-corrected chi connectivity index (χ2v) is 5.30. The fourth-order valence-corrected chi connectivity index (χ4v) is 1.58. The molecular weight excluding hydrogens is 172 g/mol. The van der Waals surface area contributed by atoms with Gasteiger partial charge in [0, 0.05) is 5.75 Å². The SMILES string of the molecule is COC(=O)C(C)(C)CSC(C)C. The van der Waals surface area contributed by atoms with Crippen LogP contribution < -0.4 is 0 Å². The molecule has 0 N–H and O–H groups in total. The van der Waals surface area contributed by atoms with E-state index in [1.807, 2.05) is 13.8 Å². The van der Waals surface area contributed by atoms with E-state index in [-0.39, 0.29) is 11.4 Å². The topological polar surface area (TPSA) is 26.3 Å². The van der Waals surface area contributed by atoms with E-state index in [1.54, 1.807) is 11.8 Å². The summed E-state index contributed by atoms with van der Waals surface area (Å²) in [6.45, 7) is 8.07. The Morgan fingerprint density at radius 2 is 2.00 bits per heavy atom. The van der Waals surface area contributed by atoms with Gasteiger partial charge in [0.1, 0.15) is 0 Å². The van der Waals surface area contributed by atoms with Crippen LogP contribution in [0.25, 0.3) is 0 Å². The monoisotopic (exact) mass is 190 g/mol. The van der Waals surface area contributed by atoms with Gasteiger partial charge in [-0.25, -0.2) is 0 Å². The largest absolute Gasteiger partial charge is 0.469 e. The highest BCUT2D eigenvalue weighted by Crippen LogP contribution is 2.25. The van der Waals surface area contributed by atoms with E-state index in [2.05, 4.69) is 13.8 Å².